The van der Waals surface area contributed by atoms with Crippen LogP contribution in [0.3, 0.4) is 0 Å². The zero-order chi connectivity index (χ0) is 14.6. The molecular formula is C14H20N2O3. The number of anilines is 1. The fraction of sp³-hybridized carbons (Fsp3) is 0.429. The molecule has 2 amide bonds. The Hall–Kier alpha value is -2.04. The highest BCUT2D eigenvalue weighted by molar-refractivity contribution is 5.92. The fourth-order valence-electron chi connectivity index (χ4n) is 1.75. The van der Waals surface area contributed by atoms with Gasteiger partial charge in [0.15, 0.2) is 0 Å². The number of carbonyl (C=O) groups is 2. The molecule has 0 saturated carbocycles. The predicted octanol–water partition coefficient (Wildman–Crippen LogP) is 2.39. The number of nitrogens with one attached hydrogen (secondary N) is 1. The van der Waals surface area contributed by atoms with E-state index in [4.69, 9.17) is 5.11 Å². The molecule has 0 heterocycles. The second kappa shape index (κ2) is 5.73. The quantitative estimate of drug-likeness (QED) is 0.877. The lowest BCUT2D eigenvalue weighted by Crippen LogP contribution is -2.50. The summed E-state index contributed by atoms with van der Waals surface area (Å²) >= 11 is 0. The van der Waals surface area contributed by atoms with Crippen LogP contribution in [0.5, 0.6) is 0 Å². The summed E-state index contributed by atoms with van der Waals surface area (Å²) in [6.07, 6.45) is -0.125. The number of urea groups is 1. The molecule has 1 aromatic carbocycles. The Morgan fingerprint density at radius 3 is 2.53 bits per heavy atom. The van der Waals surface area contributed by atoms with Gasteiger partial charge in [-0.15, -0.1) is 0 Å². The lowest BCUT2D eigenvalue weighted by molar-refractivity contribution is -0.138. The standard InChI is InChI=1S/C14H20N2O3/c1-10-6-5-7-11(8-10)16(4)13(19)15-14(2,3)9-12(17)18/h5-8H,9H2,1-4H3,(H,15,19)(H,17,18). The van der Waals surface area contributed by atoms with Gasteiger partial charge in [0.05, 0.1) is 6.42 Å². The maximum Gasteiger partial charge on any atom is 0.322 e. The van der Waals surface area contributed by atoms with Crippen molar-refractivity contribution in [3.05, 3.63) is 29.8 Å². The summed E-state index contributed by atoms with van der Waals surface area (Å²) < 4.78 is 0. The van der Waals surface area contributed by atoms with E-state index in [1.54, 1.807) is 20.9 Å². The van der Waals surface area contributed by atoms with Gasteiger partial charge in [0.1, 0.15) is 0 Å². The first-order chi connectivity index (χ1) is 8.71. The Morgan fingerprint density at radius 2 is 2.00 bits per heavy atom. The van der Waals surface area contributed by atoms with Crippen molar-refractivity contribution in [2.45, 2.75) is 32.7 Å². The third-order valence-electron chi connectivity index (χ3n) is 2.73. The highest BCUT2D eigenvalue weighted by atomic mass is 16.4. The smallest absolute Gasteiger partial charge is 0.322 e. The first kappa shape index (κ1) is 15.0. The number of benzene rings is 1. The van der Waals surface area contributed by atoms with Crippen molar-refractivity contribution in [1.29, 1.82) is 0 Å². The molecule has 0 unspecified atom stereocenters. The topological polar surface area (TPSA) is 69.6 Å². The summed E-state index contributed by atoms with van der Waals surface area (Å²) in [6, 6.07) is 7.22. The lowest BCUT2D eigenvalue weighted by atomic mass is 10.0. The van der Waals surface area contributed by atoms with Crippen LogP contribution < -0.4 is 10.2 Å². The van der Waals surface area contributed by atoms with Crippen LogP contribution >= 0.6 is 0 Å². The van der Waals surface area contributed by atoms with E-state index in [1.165, 1.54) is 4.90 Å². The number of carboxylic acids is 1. The van der Waals surface area contributed by atoms with E-state index in [2.05, 4.69) is 5.32 Å². The average Bonchev–Trinajstić information content (AvgIpc) is 2.25. The molecule has 0 bridgehead atoms. The summed E-state index contributed by atoms with van der Waals surface area (Å²) in [5.41, 5.74) is 1.03. The maximum absolute atomic E-state index is 12.1. The Balaban J connectivity index is 2.75. The van der Waals surface area contributed by atoms with Crippen LogP contribution in [0.1, 0.15) is 25.8 Å². The Morgan fingerprint density at radius 1 is 1.37 bits per heavy atom. The van der Waals surface area contributed by atoms with E-state index in [0.717, 1.165) is 11.3 Å². The molecule has 0 spiro atoms. The highest BCUT2D eigenvalue weighted by Crippen LogP contribution is 2.16. The third kappa shape index (κ3) is 4.62. The number of amides is 2. The van der Waals surface area contributed by atoms with Crippen molar-refractivity contribution in [2.24, 2.45) is 0 Å². The van der Waals surface area contributed by atoms with Crippen LogP contribution in [0, 0.1) is 6.92 Å². The summed E-state index contributed by atoms with van der Waals surface area (Å²) in [7, 11) is 1.65. The molecule has 1 rings (SSSR count). The van der Waals surface area contributed by atoms with Crippen molar-refractivity contribution in [3.8, 4) is 0 Å². The molecule has 104 valence electrons. The molecule has 0 aliphatic heterocycles. The second-order valence-corrected chi connectivity index (χ2v) is 5.28. The molecule has 0 atom stereocenters. The molecule has 0 fully saturated rings. The molecule has 0 aliphatic rings. The van der Waals surface area contributed by atoms with E-state index < -0.39 is 11.5 Å². The largest absolute Gasteiger partial charge is 0.481 e. The van der Waals surface area contributed by atoms with Crippen LogP contribution in [-0.2, 0) is 4.79 Å². The van der Waals surface area contributed by atoms with Gasteiger partial charge in [0.2, 0.25) is 0 Å². The number of carboxylic acid groups (broad SMARTS) is 1. The van der Waals surface area contributed by atoms with Crippen LogP contribution in [0.2, 0.25) is 0 Å². The van der Waals surface area contributed by atoms with Gasteiger partial charge in [-0.05, 0) is 38.5 Å². The third-order valence-corrected chi connectivity index (χ3v) is 2.73. The van der Waals surface area contributed by atoms with Crippen molar-refractivity contribution in [3.63, 3.8) is 0 Å². The van der Waals surface area contributed by atoms with Crippen molar-refractivity contribution < 1.29 is 14.7 Å². The average molecular weight is 264 g/mol. The van der Waals surface area contributed by atoms with Crippen molar-refractivity contribution in [1.82, 2.24) is 5.32 Å². The number of hydrogen-bond donors (Lipinski definition) is 2. The SMILES string of the molecule is Cc1cccc(N(C)C(=O)NC(C)(C)CC(=O)O)c1. The highest BCUT2D eigenvalue weighted by Gasteiger charge is 2.25. The number of aryl methyl sites for hydroxylation is 1. The van der Waals surface area contributed by atoms with Gasteiger partial charge in [-0.1, -0.05) is 12.1 Å². The summed E-state index contributed by atoms with van der Waals surface area (Å²) in [6.45, 7) is 5.32. The summed E-state index contributed by atoms with van der Waals surface area (Å²) in [5.74, 6) is -0.941. The number of aliphatic carboxylic acids is 1. The van der Waals surface area contributed by atoms with E-state index in [-0.39, 0.29) is 12.5 Å². The normalized spacial score (nSPS) is 10.9. The van der Waals surface area contributed by atoms with Gasteiger partial charge >= 0.3 is 12.0 Å². The number of nitrogens with zero attached hydrogens (tertiary/aromatic N) is 1. The molecule has 2 N–H and O–H groups in total. The zero-order valence-electron chi connectivity index (χ0n) is 11.7. The van der Waals surface area contributed by atoms with E-state index in [1.807, 2.05) is 31.2 Å². The first-order valence-corrected chi connectivity index (χ1v) is 6.05. The first-order valence-electron chi connectivity index (χ1n) is 6.05. The number of hydrogen-bond acceptors (Lipinski definition) is 2. The van der Waals surface area contributed by atoms with Gasteiger partial charge in [0.25, 0.3) is 0 Å². The molecule has 5 nitrogen and oxygen atoms in total. The van der Waals surface area contributed by atoms with Crippen LogP contribution in [-0.4, -0.2) is 29.7 Å². The predicted molar refractivity (Wildman–Crippen MR) is 74.4 cm³/mol. The molecule has 1 aromatic rings. The van der Waals surface area contributed by atoms with Gasteiger partial charge in [-0.3, -0.25) is 9.69 Å². The molecule has 5 heteroatoms. The minimum Gasteiger partial charge on any atom is -0.481 e. The minimum absolute atomic E-state index is 0.125. The van der Waals surface area contributed by atoms with Crippen LogP contribution in [0.15, 0.2) is 24.3 Å². The molecule has 0 aromatic heterocycles. The summed E-state index contributed by atoms with van der Waals surface area (Å²) in [5, 5.41) is 11.5. The monoisotopic (exact) mass is 264 g/mol. The summed E-state index contributed by atoms with van der Waals surface area (Å²) in [4.78, 5) is 24.3. The zero-order valence-corrected chi connectivity index (χ0v) is 11.7. The Labute approximate surface area is 113 Å². The second-order valence-electron chi connectivity index (χ2n) is 5.28. The minimum atomic E-state index is -0.941. The van der Waals surface area contributed by atoms with Gasteiger partial charge in [-0.25, -0.2) is 4.79 Å². The number of carbonyl (C=O) groups excluding carboxylic acids is 1. The Bertz CT molecular complexity index is 483. The molecular weight excluding hydrogens is 244 g/mol. The number of rotatable bonds is 4. The van der Waals surface area contributed by atoms with Gasteiger partial charge in [0, 0.05) is 18.3 Å². The fourth-order valence-corrected chi connectivity index (χ4v) is 1.75. The van der Waals surface area contributed by atoms with Crippen LogP contribution in [0.25, 0.3) is 0 Å². The Kier molecular flexibility index (Phi) is 4.53. The lowest BCUT2D eigenvalue weighted by Gasteiger charge is -2.28. The van der Waals surface area contributed by atoms with Crippen molar-refractivity contribution >= 4 is 17.7 Å². The van der Waals surface area contributed by atoms with Gasteiger partial charge in [-0.2, -0.15) is 0 Å². The van der Waals surface area contributed by atoms with E-state index in [0.29, 0.717) is 0 Å². The molecule has 19 heavy (non-hydrogen) atoms. The van der Waals surface area contributed by atoms with E-state index in [9.17, 15) is 9.59 Å². The molecule has 0 aliphatic carbocycles. The maximum atomic E-state index is 12.1. The molecule has 0 saturated heterocycles. The van der Waals surface area contributed by atoms with Crippen molar-refractivity contribution in [2.75, 3.05) is 11.9 Å². The van der Waals surface area contributed by atoms with E-state index >= 15 is 0 Å². The van der Waals surface area contributed by atoms with Crippen LogP contribution in [0.4, 0.5) is 10.5 Å². The van der Waals surface area contributed by atoms with Gasteiger partial charge < -0.3 is 10.4 Å². The molecule has 0 radical (unpaired) electrons.